The number of carbonyl (C=O) groups excluding carboxylic acids is 2. The molecule has 3 aromatic rings. The van der Waals surface area contributed by atoms with Crippen LogP contribution in [-0.2, 0) is 0 Å². The number of aromatic nitrogens is 3. The normalized spacial score (nSPS) is 10.4. The fourth-order valence-electron chi connectivity index (χ4n) is 2.68. The summed E-state index contributed by atoms with van der Waals surface area (Å²) in [6.07, 6.45) is 3.07. The van der Waals surface area contributed by atoms with E-state index in [0.717, 1.165) is 0 Å². The lowest BCUT2D eigenvalue weighted by Crippen LogP contribution is -2.24. The van der Waals surface area contributed by atoms with Crippen LogP contribution in [0.3, 0.4) is 0 Å². The average Bonchev–Trinajstić information content (AvgIpc) is 3.18. The first kappa shape index (κ1) is 17.3. The van der Waals surface area contributed by atoms with Gasteiger partial charge in [-0.3, -0.25) is 14.2 Å². The highest BCUT2D eigenvalue weighted by Gasteiger charge is 2.16. The molecule has 2 amide bonds. The molecule has 0 unspecified atom stereocenters. The van der Waals surface area contributed by atoms with Crippen molar-refractivity contribution >= 4 is 17.5 Å². The Morgan fingerprint density at radius 1 is 0.962 bits per heavy atom. The molecule has 26 heavy (non-hydrogen) atoms. The van der Waals surface area contributed by atoms with Crippen molar-refractivity contribution in [3.8, 4) is 5.69 Å². The first-order chi connectivity index (χ1) is 12.6. The molecular formula is C19H19N5O2. The van der Waals surface area contributed by atoms with Crippen molar-refractivity contribution in [3.05, 3.63) is 71.8 Å². The molecule has 1 aromatic heterocycles. The van der Waals surface area contributed by atoms with Crippen LogP contribution in [0.2, 0.25) is 0 Å². The van der Waals surface area contributed by atoms with Gasteiger partial charge in [0.05, 0.1) is 11.3 Å². The molecule has 0 atom stereocenters. The van der Waals surface area contributed by atoms with Gasteiger partial charge >= 0.3 is 0 Å². The van der Waals surface area contributed by atoms with Gasteiger partial charge in [-0.2, -0.15) is 0 Å². The minimum absolute atomic E-state index is 0.161. The second-order valence-corrected chi connectivity index (χ2v) is 5.68. The molecular weight excluding hydrogens is 330 g/mol. The van der Waals surface area contributed by atoms with Gasteiger partial charge in [0.25, 0.3) is 11.8 Å². The van der Waals surface area contributed by atoms with Gasteiger partial charge in [-0.1, -0.05) is 18.2 Å². The molecule has 0 saturated heterocycles. The molecule has 7 heteroatoms. The predicted octanol–water partition coefficient (Wildman–Crippen LogP) is 2.58. The van der Waals surface area contributed by atoms with Crippen LogP contribution >= 0.6 is 0 Å². The molecule has 0 radical (unpaired) electrons. The number of anilines is 1. The second-order valence-electron chi connectivity index (χ2n) is 5.68. The first-order valence-electron chi connectivity index (χ1n) is 8.25. The standard InChI is InChI=1S/C19H19N5O2/c1-3-20-18(25)14-8-6-9-16(13(14)2)23-19(26)15-7-4-5-10-17(15)24-11-21-22-12-24/h4-12H,3H2,1-2H3,(H,20,25)(H,23,26). The number of hydrogen-bond donors (Lipinski definition) is 2. The number of rotatable bonds is 5. The molecule has 3 rings (SSSR count). The lowest BCUT2D eigenvalue weighted by atomic mass is 10.1. The minimum Gasteiger partial charge on any atom is -0.352 e. The molecule has 0 fully saturated rings. The summed E-state index contributed by atoms with van der Waals surface area (Å²) in [5.41, 5.74) is 3.00. The van der Waals surface area contributed by atoms with Crippen LogP contribution < -0.4 is 10.6 Å². The number of carbonyl (C=O) groups is 2. The highest BCUT2D eigenvalue weighted by Crippen LogP contribution is 2.21. The number of nitrogens with one attached hydrogen (secondary N) is 2. The minimum atomic E-state index is -0.273. The third kappa shape index (κ3) is 3.46. The maximum Gasteiger partial charge on any atom is 0.257 e. The Bertz CT molecular complexity index is 935. The molecule has 0 bridgehead atoms. The van der Waals surface area contributed by atoms with Crippen LogP contribution in [0.5, 0.6) is 0 Å². The van der Waals surface area contributed by atoms with Crippen LogP contribution in [0.1, 0.15) is 33.2 Å². The Morgan fingerprint density at radius 2 is 1.65 bits per heavy atom. The monoisotopic (exact) mass is 349 g/mol. The highest BCUT2D eigenvalue weighted by molar-refractivity contribution is 6.08. The Kier molecular flexibility index (Phi) is 5.07. The van der Waals surface area contributed by atoms with Gasteiger partial charge in [-0.25, -0.2) is 0 Å². The number of benzene rings is 2. The van der Waals surface area contributed by atoms with E-state index in [9.17, 15) is 9.59 Å². The number of nitrogens with zero attached hydrogens (tertiary/aromatic N) is 3. The maximum atomic E-state index is 12.8. The van der Waals surface area contributed by atoms with E-state index in [0.29, 0.717) is 34.6 Å². The first-order valence-corrected chi connectivity index (χ1v) is 8.25. The van der Waals surface area contributed by atoms with Gasteiger partial charge in [0.15, 0.2) is 0 Å². The molecule has 0 aliphatic rings. The predicted molar refractivity (Wildman–Crippen MR) is 98.5 cm³/mol. The van der Waals surface area contributed by atoms with Crippen molar-refractivity contribution in [2.45, 2.75) is 13.8 Å². The van der Waals surface area contributed by atoms with E-state index in [1.54, 1.807) is 34.9 Å². The fourth-order valence-corrected chi connectivity index (χ4v) is 2.68. The number of hydrogen-bond acceptors (Lipinski definition) is 4. The van der Waals surface area contributed by atoms with Gasteiger partial charge in [0.2, 0.25) is 0 Å². The average molecular weight is 349 g/mol. The Labute approximate surface area is 151 Å². The smallest absolute Gasteiger partial charge is 0.257 e. The summed E-state index contributed by atoms with van der Waals surface area (Å²) >= 11 is 0. The zero-order valence-corrected chi connectivity index (χ0v) is 14.6. The van der Waals surface area contributed by atoms with Gasteiger partial charge in [-0.15, -0.1) is 10.2 Å². The quantitative estimate of drug-likeness (QED) is 0.741. The van der Waals surface area contributed by atoms with E-state index in [2.05, 4.69) is 20.8 Å². The van der Waals surface area contributed by atoms with Crippen LogP contribution in [0.4, 0.5) is 5.69 Å². The Morgan fingerprint density at radius 3 is 2.38 bits per heavy atom. The van der Waals surface area contributed by atoms with Crippen molar-refractivity contribution in [2.75, 3.05) is 11.9 Å². The topological polar surface area (TPSA) is 88.9 Å². The van der Waals surface area contributed by atoms with Crippen LogP contribution in [0.15, 0.2) is 55.1 Å². The van der Waals surface area contributed by atoms with E-state index in [1.165, 1.54) is 12.7 Å². The summed E-state index contributed by atoms with van der Waals surface area (Å²) in [7, 11) is 0. The lowest BCUT2D eigenvalue weighted by Gasteiger charge is -2.14. The van der Waals surface area contributed by atoms with Crippen LogP contribution in [-0.4, -0.2) is 33.1 Å². The van der Waals surface area contributed by atoms with Crippen molar-refractivity contribution in [1.82, 2.24) is 20.1 Å². The Hall–Kier alpha value is -3.48. The third-order valence-corrected chi connectivity index (χ3v) is 4.01. The molecule has 0 aliphatic carbocycles. The maximum absolute atomic E-state index is 12.8. The molecule has 0 aliphatic heterocycles. The van der Waals surface area contributed by atoms with Gasteiger partial charge in [0.1, 0.15) is 12.7 Å². The van der Waals surface area contributed by atoms with E-state index >= 15 is 0 Å². The molecule has 0 saturated carbocycles. The molecule has 132 valence electrons. The summed E-state index contributed by atoms with van der Waals surface area (Å²) < 4.78 is 1.67. The largest absolute Gasteiger partial charge is 0.352 e. The SMILES string of the molecule is CCNC(=O)c1cccc(NC(=O)c2ccccc2-n2cnnc2)c1C. The van der Waals surface area contributed by atoms with Crippen molar-refractivity contribution in [1.29, 1.82) is 0 Å². The summed E-state index contributed by atoms with van der Waals surface area (Å²) in [6.45, 7) is 4.22. The van der Waals surface area contributed by atoms with Gasteiger partial charge < -0.3 is 10.6 Å². The van der Waals surface area contributed by atoms with Crippen molar-refractivity contribution in [3.63, 3.8) is 0 Å². The zero-order chi connectivity index (χ0) is 18.5. The van der Waals surface area contributed by atoms with Crippen LogP contribution in [0, 0.1) is 6.92 Å². The van der Waals surface area contributed by atoms with Gasteiger partial charge in [-0.05, 0) is 43.7 Å². The summed E-state index contributed by atoms with van der Waals surface area (Å²) in [5, 5.41) is 13.2. The van der Waals surface area contributed by atoms with E-state index in [-0.39, 0.29) is 11.8 Å². The molecule has 1 heterocycles. The molecule has 2 N–H and O–H groups in total. The van der Waals surface area contributed by atoms with Crippen molar-refractivity contribution < 1.29 is 9.59 Å². The molecule has 7 nitrogen and oxygen atoms in total. The second kappa shape index (κ2) is 7.60. The zero-order valence-electron chi connectivity index (χ0n) is 14.6. The van der Waals surface area contributed by atoms with Crippen LogP contribution in [0.25, 0.3) is 5.69 Å². The number of para-hydroxylation sites is 1. The third-order valence-electron chi connectivity index (χ3n) is 4.01. The summed E-state index contributed by atoms with van der Waals surface area (Å²) in [5.74, 6) is -0.434. The molecule has 0 spiro atoms. The molecule has 2 aromatic carbocycles. The van der Waals surface area contributed by atoms with E-state index < -0.39 is 0 Å². The lowest BCUT2D eigenvalue weighted by molar-refractivity contribution is 0.0953. The van der Waals surface area contributed by atoms with E-state index in [4.69, 9.17) is 0 Å². The highest BCUT2D eigenvalue weighted by atomic mass is 16.2. The van der Waals surface area contributed by atoms with E-state index in [1.807, 2.05) is 26.0 Å². The summed E-state index contributed by atoms with van der Waals surface area (Å²) in [4.78, 5) is 25.0. The summed E-state index contributed by atoms with van der Waals surface area (Å²) in [6, 6.07) is 12.4. The van der Waals surface area contributed by atoms with Crippen molar-refractivity contribution in [2.24, 2.45) is 0 Å². The fraction of sp³-hybridized carbons (Fsp3) is 0.158. The Balaban J connectivity index is 1.90. The number of amides is 2. The van der Waals surface area contributed by atoms with Gasteiger partial charge in [0, 0.05) is 17.8 Å².